The Bertz CT molecular complexity index is 714. The molecule has 108 valence electrons. The molecular formula is C13H8Cl3N3OS. The molecule has 0 saturated carbocycles. The summed E-state index contributed by atoms with van der Waals surface area (Å²) in [7, 11) is 0. The zero-order valence-corrected chi connectivity index (χ0v) is 13.5. The molecule has 1 aliphatic heterocycles. The Labute approximate surface area is 139 Å². The first-order valence-electron chi connectivity index (χ1n) is 5.97. The predicted molar refractivity (Wildman–Crippen MR) is 85.4 cm³/mol. The maximum atomic E-state index is 11.2. The molecular weight excluding hydrogens is 353 g/mol. The van der Waals surface area contributed by atoms with Gasteiger partial charge in [0.1, 0.15) is 5.15 Å². The molecule has 1 aliphatic rings. The van der Waals surface area contributed by atoms with Gasteiger partial charge in [0.15, 0.2) is 4.47 Å². The Morgan fingerprint density at radius 1 is 1.24 bits per heavy atom. The monoisotopic (exact) mass is 359 g/mol. The highest BCUT2D eigenvalue weighted by molar-refractivity contribution is 7.16. The molecule has 1 atom stereocenters. The summed E-state index contributed by atoms with van der Waals surface area (Å²) in [4.78, 5) is 16.0. The molecule has 8 heteroatoms. The first-order valence-corrected chi connectivity index (χ1v) is 7.92. The second-order valence-corrected chi connectivity index (χ2v) is 6.79. The lowest BCUT2D eigenvalue weighted by molar-refractivity contribution is -0.119. The number of thiazole rings is 1. The van der Waals surface area contributed by atoms with Crippen LogP contribution >= 0.6 is 46.1 Å². The molecule has 0 radical (unpaired) electrons. The molecule has 0 spiro atoms. The van der Waals surface area contributed by atoms with Crippen molar-refractivity contribution in [3.05, 3.63) is 49.3 Å². The summed E-state index contributed by atoms with van der Waals surface area (Å²) in [5.41, 5.74) is 1.71. The van der Waals surface area contributed by atoms with Crippen LogP contribution in [0.4, 0.5) is 0 Å². The van der Waals surface area contributed by atoms with E-state index in [9.17, 15) is 4.79 Å². The van der Waals surface area contributed by atoms with E-state index >= 15 is 0 Å². The number of halogens is 3. The minimum atomic E-state index is -0.273. The number of hydrazone groups is 1. The summed E-state index contributed by atoms with van der Waals surface area (Å²) in [6, 6.07) is 7.04. The average Bonchev–Trinajstić information content (AvgIpc) is 3.02. The number of hydrogen-bond acceptors (Lipinski definition) is 4. The van der Waals surface area contributed by atoms with Crippen LogP contribution in [-0.4, -0.2) is 22.1 Å². The van der Waals surface area contributed by atoms with Gasteiger partial charge in [-0.1, -0.05) is 46.9 Å². The fraction of sp³-hybridized carbons (Fsp3) is 0.154. The summed E-state index contributed by atoms with van der Waals surface area (Å²) in [6.45, 7) is 0. The molecule has 0 saturated heterocycles. The quantitative estimate of drug-likeness (QED) is 0.761. The molecule has 0 bridgehead atoms. The largest absolute Gasteiger partial charge is 0.277 e. The van der Waals surface area contributed by atoms with Crippen LogP contribution in [0.5, 0.6) is 0 Å². The van der Waals surface area contributed by atoms with Crippen LogP contribution in [-0.2, 0) is 4.79 Å². The first kappa shape index (κ1) is 14.8. The maximum absolute atomic E-state index is 11.2. The third-order valence-electron chi connectivity index (χ3n) is 3.11. The van der Waals surface area contributed by atoms with Crippen molar-refractivity contribution in [3.8, 4) is 0 Å². The van der Waals surface area contributed by atoms with E-state index in [0.717, 1.165) is 16.2 Å². The van der Waals surface area contributed by atoms with Crippen LogP contribution in [0.2, 0.25) is 14.6 Å². The number of aromatic nitrogens is 1. The van der Waals surface area contributed by atoms with Crippen LogP contribution in [0.15, 0.2) is 29.4 Å². The molecule has 1 aromatic heterocycles. The van der Waals surface area contributed by atoms with E-state index in [0.29, 0.717) is 27.5 Å². The lowest BCUT2D eigenvalue weighted by atomic mass is 10.0. The Balaban J connectivity index is 1.92. The number of benzene rings is 1. The third kappa shape index (κ3) is 2.92. The summed E-state index contributed by atoms with van der Waals surface area (Å²) in [5, 5.41) is 6.64. The van der Waals surface area contributed by atoms with Gasteiger partial charge in [0.2, 0.25) is 6.41 Å². The van der Waals surface area contributed by atoms with Gasteiger partial charge in [0.05, 0.1) is 16.6 Å². The zero-order chi connectivity index (χ0) is 15.0. The van der Waals surface area contributed by atoms with E-state index in [2.05, 4.69) is 10.1 Å². The molecule has 3 rings (SSSR count). The molecule has 1 aromatic carbocycles. The molecule has 1 amide bonds. The first-order chi connectivity index (χ1) is 10.1. The summed E-state index contributed by atoms with van der Waals surface area (Å²) >= 11 is 19.1. The van der Waals surface area contributed by atoms with E-state index in [-0.39, 0.29) is 6.04 Å². The number of amides is 1. The Morgan fingerprint density at radius 2 is 1.95 bits per heavy atom. The third-order valence-corrected chi connectivity index (χ3v) is 5.03. The summed E-state index contributed by atoms with van der Waals surface area (Å²) < 4.78 is 0.348. The smallest absolute Gasteiger partial charge is 0.230 e. The Kier molecular flexibility index (Phi) is 4.17. The van der Waals surface area contributed by atoms with Gasteiger partial charge in [-0.15, -0.1) is 11.3 Å². The van der Waals surface area contributed by atoms with Gasteiger partial charge < -0.3 is 0 Å². The predicted octanol–water partition coefficient (Wildman–Crippen LogP) is 4.41. The van der Waals surface area contributed by atoms with Gasteiger partial charge in [-0.05, 0) is 17.7 Å². The van der Waals surface area contributed by atoms with E-state index in [1.807, 2.05) is 12.1 Å². The lowest BCUT2D eigenvalue weighted by Gasteiger charge is -2.14. The molecule has 4 nitrogen and oxygen atoms in total. The normalized spacial score (nSPS) is 18.0. The number of hydrogen-bond donors (Lipinski definition) is 0. The zero-order valence-electron chi connectivity index (χ0n) is 10.5. The van der Waals surface area contributed by atoms with Gasteiger partial charge in [-0.2, -0.15) is 5.10 Å². The van der Waals surface area contributed by atoms with E-state index in [1.165, 1.54) is 16.3 Å². The van der Waals surface area contributed by atoms with Gasteiger partial charge in [-0.3, -0.25) is 4.79 Å². The molecule has 0 N–H and O–H groups in total. The summed E-state index contributed by atoms with van der Waals surface area (Å²) in [5.74, 6) is 0. The molecule has 2 aromatic rings. The van der Waals surface area contributed by atoms with Crippen LogP contribution < -0.4 is 0 Å². The van der Waals surface area contributed by atoms with Crippen molar-refractivity contribution in [3.63, 3.8) is 0 Å². The van der Waals surface area contributed by atoms with Crippen LogP contribution in [0.25, 0.3) is 0 Å². The van der Waals surface area contributed by atoms with Crippen molar-refractivity contribution < 1.29 is 4.79 Å². The summed E-state index contributed by atoms with van der Waals surface area (Å²) in [6.07, 6.45) is 1.23. The minimum Gasteiger partial charge on any atom is -0.277 e. The van der Waals surface area contributed by atoms with Gasteiger partial charge in [0.25, 0.3) is 0 Å². The van der Waals surface area contributed by atoms with Crippen molar-refractivity contribution in [2.24, 2.45) is 5.10 Å². The number of rotatable bonds is 3. The maximum Gasteiger partial charge on any atom is 0.230 e. The molecule has 2 heterocycles. The number of carbonyl (C=O) groups excluding carboxylic acids is 1. The van der Waals surface area contributed by atoms with Crippen LogP contribution in [0, 0.1) is 0 Å². The fourth-order valence-electron chi connectivity index (χ4n) is 2.15. The highest BCUT2D eigenvalue weighted by Crippen LogP contribution is 2.39. The van der Waals surface area contributed by atoms with Crippen molar-refractivity contribution in [1.82, 2.24) is 9.99 Å². The number of carbonyl (C=O) groups is 1. The van der Waals surface area contributed by atoms with Crippen molar-refractivity contribution >= 4 is 58.3 Å². The molecule has 0 fully saturated rings. The Morgan fingerprint density at radius 3 is 2.52 bits per heavy atom. The Hall–Kier alpha value is -1.14. The molecule has 1 unspecified atom stereocenters. The van der Waals surface area contributed by atoms with Crippen LogP contribution in [0.1, 0.15) is 22.9 Å². The average molecular weight is 361 g/mol. The topological polar surface area (TPSA) is 45.6 Å². The van der Waals surface area contributed by atoms with Gasteiger partial charge in [-0.25, -0.2) is 9.99 Å². The standard InChI is InChI=1S/C13H8Cl3N3OS/c14-8-3-1-7(2-4-8)9-5-10(19(6-20)18-9)11-12(15)17-13(16)21-11/h1-4,6,10H,5H2. The highest BCUT2D eigenvalue weighted by Gasteiger charge is 2.32. The van der Waals surface area contributed by atoms with Crippen molar-refractivity contribution in [1.29, 1.82) is 0 Å². The van der Waals surface area contributed by atoms with Gasteiger partial charge >= 0.3 is 0 Å². The second kappa shape index (κ2) is 5.93. The molecule has 21 heavy (non-hydrogen) atoms. The highest BCUT2D eigenvalue weighted by atomic mass is 35.5. The lowest BCUT2D eigenvalue weighted by Crippen LogP contribution is -2.16. The molecule has 0 aliphatic carbocycles. The van der Waals surface area contributed by atoms with Crippen molar-refractivity contribution in [2.45, 2.75) is 12.5 Å². The van der Waals surface area contributed by atoms with Crippen molar-refractivity contribution in [2.75, 3.05) is 0 Å². The van der Waals surface area contributed by atoms with E-state index < -0.39 is 0 Å². The van der Waals surface area contributed by atoms with E-state index in [4.69, 9.17) is 34.8 Å². The fourth-order valence-corrected chi connectivity index (χ4v) is 3.80. The minimum absolute atomic E-state index is 0.273. The van der Waals surface area contributed by atoms with Gasteiger partial charge in [0, 0.05) is 11.4 Å². The van der Waals surface area contributed by atoms with E-state index in [1.54, 1.807) is 12.1 Å². The van der Waals surface area contributed by atoms with Crippen LogP contribution in [0.3, 0.4) is 0 Å². The number of nitrogens with zero attached hydrogens (tertiary/aromatic N) is 3. The SMILES string of the molecule is O=CN1N=C(c2ccc(Cl)cc2)CC1c1sc(Cl)nc1Cl. The second-order valence-electron chi connectivity index (χ2n) is 4.38.